The molecule has 1 aliphatic heterocycles. The van der Waals surface area contributed by atoms with Gasteiger partial charge >= 0.3 is 0 Å². The second-order valence-electron chi connectivity index (χ2n) is 8.31. The molecule has 1 fully saturated rings. The van der Waals surface area contributed by atoms with E-state index < -0.39 is 0 Å². The van der Waals surface area contributed by atoms with Crippen LogP contribution in [0.25, 0.3) is 0 Å². The summed E-state index contributed by atoms with van der Waals surface area (Å²) in [7, 11) is 1.83. The van der Waals surface area contributed by atoms with Gasteiger partial charge in [-0.25, -0.2) is 4.98 Å². The first-order chi connectivity index (χ1) is 13.6. The number of nitrogens with one attached hydrogen (secondary N) is 2. The van der Waals surface area contributed by atoms with Gasteiger partial charge in [0.2, 0.25) is 0 Å². The van der Waals surface area contributed by atoms with Crippen LogP contribution < -0.4 is 10.6 Å². The Morgan fingerprint density at radius 1 is 1.31 bits per heavy atom. The molecule has 0 aromatic carbocycles. The first kappa shape index (κ1) is 24.8. The van der Waals surface area contributed by atoms with Crippen LogP contribution in [0.4, 0.5) is 0 Å². The minimum absolute atomic E-state index is 0. The Morgan fingerprint density at radius 2 is 2.14 bits per heavy atom. The van der Waals surface area contributed by atoms with E-state index in [2.05, 4.69) is 34.4 Å². The van der Waals surface area contributed by atoms with Gasteiger partial charge < -0.3 is 15.4 Å². The summed E-state index contributed by atoms with van der Waals surface area (Å²) < 4.78 is 5.91. The van der Waals surface area contributed by atoms with Gasteiger partial charge in [0.05, 0.1) is 23.4 Å². The zero-order valence-corrected chi connectivity index (χ0v) is 21.4. The normalized spacial score (nSPS) is 20.3. The van der Waals surface area contributed by atoms with E-state index in [1.165, 1.54) is 41.3 Å². The molecule has 1 atom stereocenters. The lowest BCUT2D eigenvalue weighted by molar-refractivity contribution is -0.0284. The smallest absolute Gasteiger partial charge is 0.191 e. The Bertz CT molecular complexity index is 613. The quantitative estimate of drug-likeness (QED) is 0.232. The summed E-state index contributed by atoms with van der Waals surface area (Å²) in [5.74, 6) is 1.56. The van der Waals surface area contributed by atoms with E-state index in [-0.39, 0.29) is 30.1 Å². The maximum absolute atomic E-state index is 5.91. The van der Waals surface area contributed by atoms with E-state index in [0.717, 1.165) is 58.1 Å². The van der Waals surface area contributed by atoms with Gasteiger partial charge in [-0.15, -0.1) is 35.3 Å². The standard InChI is InChI=1S/C21H37N5OS.HI/c1-16(2)14-26-11-12-27-17(15-26)13-24-21(22-3)23-10-6-9-20-25-18-7-4-5-8-19(18)28-20;/h16-17H,4-15H2,1-3H3,(H2,22,23,24);1H. The second kappa shape index (κ2) is 13.1. The van der Waals surface area contributed by atoms with Gasteiger partial charge in [-0.1, -0.05) is 13.8 Å². The molecule has 0 spiro atoms. The Labute approximate surface area is 197 Å². The number of aromatic nitrogens is 1. The van der Waals surface area contributed by atoms with Gasteiger partial charge in [0.1, 0.15) is 0 Å². The van der Waals surface area contributed by atoms with Gasteiger partial charge in [0.15, 0.2) is 5.96 Å². The average Bonchev–Trinajstić information content (AvgIpc) is 3.10. The van der Waals surface area contributed by atoms with Crippen LogP contribution in [0.3, 0.4) is 0 Å². The highest BCUT2D eigenvalue weighted by atomic mass is 127. The molecule has 1 saturated heterocycles. The van der Waals surface area contributed by atoms with E-state index in [4.69, 9.17) is 9.72 Å². The summed E-state index contributed by atoms with van der Waals surface area (Å²) >= 11 is 1.93. The zero-order chi connectivity index (χ0) is 19.8. The van der Waals surface area contributed by atoms with Crippen molar-refractivity contribution in [2.75, 3.05) is 46.4 Å². The number of aryl methyl sites for hydroxylation is 3. The summed E-state index contributed by atoms with van der Waals surface area (Å²) in [4.78, 5) is 13.2. The van der Waals surface area contributed by atoms with Crippen LogP contribution in [-0.2, 0) is 24.0 Å². The maximum Gasteiger partial charge on any atom is 0.191 e. The van der Waals surface area contributed by atoms with Crippen molar-refractivity contribution in [2.24, 2.45) is 10.9 Å². The molecule has 6 nitrogen and oxygen atoms in total. The first-order valence-corrected chi connectivity index (χ1v) is 11.7. The molecule has 2 aliphatic rings. The first-order valence-electron chi connectivity index (χ1n) is 10.9. The lowest BCUT2D eigenvalue weighted by atomic mass is 10.0. The van der Waals surface area contributed by atoms with Crippen LogP contribution >= 0.6 is 35.3 Å². The molecular formula is C21H38IN5OS. The van der Waals surface area contributed by atoms with Crippen LogP contribution in [-0.4, -0.2) is 68.3 Å². The number of hydrogen-bond acceptors (Lipinski definition) is 5. The van der Waals surface area contributed by atoms with Crippen LogP contribution in [0.1, 0.15) is 48.7 Å². The number of halogens is 1. The van der Waals surface area contributed by atoms with Gasteiger partial charge in [-0.2, -0.15) is 0 Å². The fourth-order valence-corrected chi connectivity index (χ4v) is 5.17. The van der Waals surface area contributed by atoms with Crippen molar-refractivity contribution >= 4 is 41.3 Å². The molecule has 0 bridgehead atoms. The molecule has 29 heavy (non-hydrogen) atoms. The summed E-state index contributed by atoms with van der Waals surface area (Å²) in [6.07, 6.45) is 7.41. The molecule has 166 valence electrons. The second-order valence-corrected chi connectivity index (χ2v) is 9.48. The predicted molar refractivity (Wildman–Crippen MR) is 133 cm³/mol. The monoisotopic (exact) mass is 535 g/mol. The number of rotatable bonds is 8. The van der Waals surface area contributed by atoms with E-state index in [0.29, 0.717) is 5.92 Å². The van der Waals surface area contributed by atoms with Crippen molar-refractivity contribution in [3.05, 3.63) is 15.6 Å². The molecule has 1 aromatic rings. The zero-order valence-electron chi connectivity index (χ0n) is 18.2. The average molecular weight is 536 g/mol. The molecule has 0 saturated carbocycles. The fraction of sp³-hybridized carbons (Fsp3) is 0.810. The molecule has 1 unspecified atom stereocenters. The number of guanidine groups is 1. The van der Waals surface area contributed by atoms with Crippen molar-refractivity contribution < 1.29 is 4.74 Å². The number of morpholine rings is 1. The highest BCUT2D eigenvalue weighted by molar-refractivity contribution is 14.0. The molecule has 2 N–H and O–H groups in total. The summed E-state index contributed by atoms with van der Waals surface area (Å²) in [6.45, 7) is 10.3. The number of ether oxygens (including phenoxy) is 1. The largest absolute Gasteiger partial charge is 0.374 e. The molecule has 2 heterocycles. The minimum Gasteiger partial charge on any atom is -0.374 e. The Morgan fingerprint density at radius 3 is 2.90 bits per heavy atom. The molecule has 8 heteroatoms. The molecule has 0 amide bonds. The van der Waals surface area contributed by atoms with Gasteiger partial charge in [-0.3, -0.25) is 9.89 Å². The summed E-state index contributed by atoms with van der Waals surface area (Å²) in [5.41, 5.74) is 1.37. The highest BCUT2D eigenvalue weighted by Gasteiger charge is 2.21. The van der Waals surface area contributed by atoms with Crippen molar-refractivity contribution in [1.29, 1.82) is 0 Å². The Kier molecular flexibility index (Phi) is 11.2. The third-order valence-electron chi connectivity index (χ3n) is 5.32. The van der Waals surface area contributed by atoms with Crippen LogP contribution in [0.15, 0.2) is 4.99 Å². The third-order valence-corrected chi connectivity index (χ3v) is 6.53. The van der Waals surface area contributed by atoms with Crippen molar-refractivity contribution in [3.63, 3.8) is 0 Å². The minimum atomic E-state index is 0. The third kappa shape index (κ3) is 8.30. The fourth-order valence-electron chi connectivity index (χ4n) is 3.98. The lowest BCUT2D eigenvalue weighted by Gasteiger charge is -2.34. The molecule has 1 aliphatic carbocycles. The Hall–Kier alpha value is -0.450. The van der Waals surface area contributed by atoms with E-state index in [1.807, 2.05) is 18.4 Å². The Balaban J connectivity index is 0.00000300. The summed E-state index contributed by atoms with van der Waals surface area (Å²) in [6, 6.07) is 0. The van der Waals surface area contributed by atoms with E-state index in [9.17, 15) is 0 Å². The van der Waals surface area contributed by atoms with Gasteiger partial charge in [0.25, 0.3) is 0 Å². The molecular weight excluding hydrogens is 497 g/mol. The number of aliphatic imine (C=N–C) groups is 1. The lowest BCUT2D eigenvalue weighted by Crippen LogP contribution is -2.50. The topological polar surface area (TPSA) is 61.8 Å². The van der Waals surface area contributed by atoms with Crippen LogP contribution in [0.2, 0.25) is 0 Å². The van der Waals surface area contributed by atoms with Crippen molar-refractivity contribution in [2.45, 2.75) is 58.5 Å². The van der Waals surface area contributed by atoms with Gasteiger partial charge in [-0.05, 0) is 38.0 Å². The van der Waals surface area contributed by atoms with Crippen molar-refractivity contribution in [3.8, 4) is 0 Å². The van der Waals surface area contributed by atoms with E-state index in [1.54, 1.807) is 0 Å². The molecule has 3 rings (SSSR count). The summed E-state index contributed by atoms with van der Waals surface area (Å²) in [5, 5.41) is 8.16. The van der Waals surface area contributed by atoms with Crippen LogP contribution in [0.5, 0.6) is 0 Å². The maximum atomic E-state index is 5.91. The van der Waals surface area contributed by atoms with E-state index >= 15 is 0 Å². The molecule has 1 aromatic heterocycles. The van der Waals surface area contributed by atoms with Crippen LogP contribution in [0, 0.1) is 5.92 Å². The van der Waals surface area contributed by atoms with Crippen molar-refractivity contribution in [1.82, 2.24) is 20.5 Å². The molecule has 0 radical (unpaired) electrons. The number of hydrogen-bond donors (Lipinski definition) is 2. The number of fused-ring (bicyclic) bond motifs is 1. The number of nitrogens with zero attached hydrogens (tertiary/aromatic N) is 3. The number of thiazole rings is 1. The highest BCUT2D eigenvalue weighted by Crippen LogP contribution is 2.27. The van der Waals surface area contributed by atoms with Gasteiger partial charge in [0, 0.05) is 51.1 Å². The SMILES string of the molecule is CN=C(NCCCc1nc2c(s1)CCCC2)NCC1CN(CC(C)C)CCO1.I. The predicted octanol–water partition coefficient (Wildman–Crippen LogP) is 3.09.